The van der Waals surface area contributed by atoms with Gasteiger partial charge in [0, 0.05) is 76.5 Å². The summed E-state index contributed by atoms with van der Waals surface area (Å²) in [4.78, 5) is 51.2. The second-order valence-electron chi connectivity index (χ2n) is 13.6. The van der Waals surface area contributed by atoms with Crippen LogP contribution in [-0.2, 0) is 16.0 Å². The predicted molar refractivity (Wildman–Crippen MR) is 181 cm³/mol. The number of pyridine rings is 1. The third-order valence-electron chi connectivity index (χ3n) is 10.3. The summed E-state index contributed by atoms with van der Waals surface area (Å²) < 4.78 is 0. The molecule has 0 spiro atoms. The lowest BCUT2D eigenvalue weighted by atomic mass is 9.95. The number of hydrogen-bond donors (Lipinski definition) is 2. The molecule has 5 heterocycles. The molecular weight excluding hydrogens is 594 g/mol. The zero-order chi connectivity index (χ0) is 32.8. The Morgan fingerprint density at radius 3 is 2.43 bits per heavy atom. The van der Waals surface area contributed by atoms with Crippen molar-refractivity contribution in [2.75, 3.05) is 62.7 Å². The third-order valence-corrected chi connectivity index (χ3v) is 10.3. The monoisotopic (exact) mass is 643 g/mol. The maximum atomic E-state index is 13.0. The van der Waals surface area contributed by atoms with Crippen LogP contribution >= 0.6 is 0 Å². The van der Waals surface area contributed by atoms with Crippen LogP contribution in [0.25, 0.3) is 0 Å². The Morgan fingerprint density at radius 1 is 0.957 bits per heavy atom. The first kappa shape index (κ1) is 32.9. The first-order valence-electron chi connectivity index (χ1n) is 17.4. The van der Waals surface area contributed by atoms with Crippen molar-refractivity contribution in [2.24, 2.45) is 5.92 Å². The van der Waals surface area contributed by atoms with Gasteiger partial charge in [0.1, 0.15) is 6.04 Å². The lowest BCUT2D eigenvalue weighted by Gasteiger charge is -2.39. The summed E-state index contributed by atoms with van der Waals surface area (Å²) >= 11 is 0. The van der Waals surface area contributed by atoms with E-state index in [2.05, 4.69) is 47.1 Å². The molecule has 0 bridgehead atoms. The van der Waals surface area contributed by atoms with Crippen LogP contribution in [0.4, 0.5) is 11.5 Å². The lowest BCUT2D eigenvalue weighted by molar-refractivity contribution is -0.139. The molecule has 1 atom stereocenters. The first-order valence-corrected chi connectivity index (χ1v) is 17.4. The van der Waals surface area contributed by atoms with Gasteiger partial charge in [-0.15, -0.1) is 10.2 Å². The van der Waals surface area contributed by atoms with Crippen LogP contribution in [0.2, 0.25) is 0 Å². The SMILES string of the molecule is C=C1CCC(N(C)C(=O)Cc2cc(N3CCN(CC4CCN(c5ccc(C(=O)NC6CCCCC6)nn5)CC4)CC3)ccn2)C(=O)N1. The van der Waals surface area contributed by atoms with Gasteiger partial charge in [0.05, 0.1) is 12.1 Å². The van der Waals surface area contributed by atoms with Gasteiger partial charge in [0.2, 0.25) is 11.8 Å². The van der Waals surface area contributed by atoms with Crippen LogP contribution in [0.5, 0.6) is 0 Å². The Morgan fingerprint density at radius 2 is 1.72 bits per heavy atom. The van der Waals surface area contributed by atoms with Gasteiger partial charge in [-0.2, -0.15) is 0 Å². The topological polar surface area (TPSA) is 127 Å². The minimum atomic E-state index is -0.470. The van der Waals surface area contributed by atoms with E-state index in [0.717, 1.165) is 88.7 Å². The Labute approximate surface area is 278 Å². The molecule has 2 N–H and O–H groups in total. The number of carbonyl (C=O) groups is 3. The number of aromatic nitrogens is 3. The number of piperazine rings is 1. The minimum absolute atomic E-state index is 0.112. The molecule has 12 heteroatoms. The van der Waals surface area contributed by atoms with E-state index >= 15 is 0 Å². The molecule has 252 valence electrons. The number of likely N-dealkylation sites (N-methyl/N-ethyl adjacent to an activating group) is 1. The van der Waals surface area contributed by atoms with Crippen molar-refractivity contribution in [2.45, 2.75) is 76.3 Å². The fourth-order valence-corrected chi connectivity index (χ4v) is 7.36. The second kappa shape index (κ2) is 15.2. The van der Waals surface area contributed by atoms with Crippen LogP contribution in [-0.4, -0.2) is 108 Å². The van der Waals surface area contributed by atoms with Gasteiger partial charge in [-0.3, -0.25) is 24.3 Å². The largest absolute Gasteiger partial charge is 0.369 e. The number of nitrogens with one attached hydrogen (secondary N) is 2. The van der Waals surface area contributed by atoms with Crippen LogP contribution < -0.4 is 20.4 Å². The molecule has 1 saturated carbocycles. The highest BCUT2D eigenvalue weighted by Gasteiger charge is 2.31. The number of nitrogens with zero attached hydrogens (tertiary/aromatic N) is 7. The van der Waals surface area contributed by atoms with Gasteiger partial charge < -0.3 is 25.3 Å². The average molecular weight is 644 g/mol. The number of carbonyl (C=O) groups excluding carboxylic acids is 3. The molecule has 4 fully saturated rings. The van der Waals surface area contributed by atoms with Crippen molar-refractivity contribution in [3.05, 3.63) is 54.1 Å². The number of anilines is 2. The Bertz CT molecular complexity index is 1410. The number of amides is 3. The van der Waals surface area contributed by atoms with E-state index in [1.54, 1.807) is 18.1 Å². The van der Waals surface area contributed by atoms with Crippen molar-refractivity contribution in [1.29, 1.82) is 0 Å². The summed E-state index contributed by atoms with van der Waals surface area (Å²) in [5.74, 6) is 1.10. The zero-order valence-corrected chi connectivity index (χ0v) is 27.7. The van der Waals surface area contributed by atoms with Crippen molar-refractivity contribution >= 4 is 29.2 Å². The molecule has 6 rings (SSSR count). The van der Waals surface area contributed by atoms with Gasteiger partial charge >= 0.3 is 0 Å². The Balaban J connectivity index is 0.919. The zero-order valence-electron chi connectivity index (χ0n) is 27.7. The highest BCUT2D eigenvalue weighted by Crippen LogP contribution is 2.25. The van der Waals surface area contributed by atoms with Gasteiger partial charge in [0.25, 0.3) is 5.91 Å². The highest BCUT2D eigenvalue weighted by molar-refractivity contribution is 5.92. The minimum Gasteiger partial charge on any atom is -0.369 e. The Kier molecular flexibility index (Phi) is 10.6. The van der Waals surface area contributed by atoms with Gasteiger partial charge in [0.15, 0.2) is 11.5 Å². The second-order valence-corrected chi connectivity index (χ2v) is 13.6. The third kappa shape index (κ3) is 8.46. The summed E-state index contributed by atoms with van der Waals surface area (Å²) in [5, 5.41) is 14.6. The van der Waals surface area contributed by atoms with Crippen molar-refractivity contribution in [1.82, 2.24) is 35.6 Å². The molecule has 2 aromatic heterocycles. The molecule has 12 nitrogen and oxygen atoms in total. The number of hydrogen-bond acceptors (Lipinski definition) is 9. The van der Waals surface area contributed by atoms with Gasteiger partial charge in [-0.1, -0.05) is 25.8 Å². The van der Waals surface area contributed by atoms with E-state index in [1.165, 1.54) is 19.3 Å². The number of allylic oxidation sites excluding steroid dienone is 1. The maximum absolute atomic E-state index is 13.0. The first-order chi connectivity index (χ1) is 22.8. The molecule has 0 radical (unpaired) electrons. The van der Waals surface area contributed by atoms with E-state index in [4.69, 9.17) is 0 Å². The van der Waals surface area contributed by atoms with E-state index in [9.17, 15) is 14.4 Å². The fourth-order valence-electron chi connectivity index (χ4n) is 7.36. The predicted octanol–water partition coefficient (Wildman–Crippen LogP) is 2.77. The summed E-state index contributed by atoms with van der Waals surface area (Å²) in [6.45, 7) is 10.7. The van der Waals surface area contributed by atoms with Crippen molar-refractivity contribution < 1.29 is 14.4 Å². The quantitative estimate of drug-likeness (QED) is 0.424. The molecular formula is C35H49N9O3. The van der Waals surface area contributed by atoms with Gasteiger partial charge in [-0.05, 0) is 68.7 Å². The summed E-state index contributed by atoms with van der Waals surface area (Å²) in [6.07, 6.45) is 11.2. The molecule has 3 aliphatic heterocycles. The molecule has 4 aliphatic rings. The summed E-state index contributed by atoms with van der Waals surface area (Å²) in [5.41, 5.74) is 2.91. The van der Waals surface area contributed by atoms with Crippen LogP contribution in [0.15, 0.2) is 42.7 Å². The van der Waals surface area contributed by atoms with Crippen LogP contribution in [0.3, 0.4) is 0 Å². The van der Waals surface area contributed by atoms with Gasteiger partial charge in [-0.25, -0.2) is 0 Å². The lowest BCUT2D eigenvalue weighted by Crippen LogP contribution is -2.50. The average Bonchev–Trinajstić information content (AvgIpc) is 3.09. The fraction of sp³-hybridized carbons (Fsp3) is 0.600. The van der Waals surface area contributed by atoms with E-state index < -0.39 is 6.04 Å². The summed E-state index contributed by atoms with van der Waals surface area (Å²) in [7, 11) is 1.69. The van der Waals surface area contributed by atoms with E-state index in [1.807, 2.05) is 24.3 Å². The normalized spacial score (nSPS) is 21.8. The number of piperidine rings is 2. The van der Waals surface area contributed by atoms with Crippen molar-refractivity contribution in [3.63, 3.8) is 0 Å². The molecule has 0 aromatic carbocycles. The Hall–Kier alpha value is -4.06. The highest BCUT2D eigenvalue weighted by atomic mass is 16.2. The van der Waals surface area contributed by atoms with Crippen LogP contribution in [0.1, 0.15) is 74.0 Å². The molecule has 3 saturated heterocycles. The standard InChI is InChI=1S/C35H49N9O3/c1-25-8-10-31(35(47)37-25)41(2)33(45)23-28-22-29(12-15-36-28)43-20-18-42(19-21-43)24-26-13-16-44(17-14-26)32-11-9-30(39-40-32)34(46)38-27-6-4-3-5-7-27/h9,11-12,15,22,26-27,31H,1,3-8,10,13-14,16-21,23-24H2,2H3,(H,37,47)(H,38,46). The summed E-state index contributed by atoms with van der Waals surface area (Å²) in [6, 6.07) is 7.57. The molecule has 1 unspecified atom stereocenters. The molecule has 2 aromatic rings. The maximum Gasteiger partial charge on any atom is 0.272 e. The number of rotatable bonds is 9. The molecule has 3 amide bonds. The van der Waals surface area contributed by atoms with E-state index in [0.29, 0.717) is 30.2 Å². The molecule has 1 aliphatic carbocycles. The molecule has 47 heavy (non-hydrogen) atoms. The van der Waals surface area contributed by atoms with Crippen LogP contribution in [0, 0.1) is 5.92 Å². The smallest absolute Gasteiger partial charge is 0.272 e. The van der Waals surface area contributed by atoms with Crippen molar-refractivity contribution in [3.8, 4) is 0 Å². The van der Waals surface area contributed by atoms with E-state index in [-0.39, 0.29) is 30.2 Å².